The van der Waals surface area contributed by atoms with Gasteiger partial charge in [0.15, 0.2) is 11.5 Å². The first-order valence-electron chi connectivity index (χ1n) is 10.5. The van der Waals surface area contributed by atoms with Crippen LogP contribution >= 0.6 is 6.42 Å². The van der Waals surface area contributed by atoms with E-state index in [0.717, 1.165) is 0 Å². The quantitative estimate of drug-likeness (QED) is 0.304. The molecule has 3 atom stereocenters. The van der Waals surface area contributed by atoms with Gasteiger partial charge in [0.05, 0.1) is 25.1 Å². The molecule has 178 valence electrons. The van der Waals surface area contributed by atoms with Gasteiger partial charge in [-0.25, -0.2) is 20.0 Å². The number of anilines is 1. The van der Waals surface area contributed by atoms with Crippen LogP contribution in [0, 0.1) is 0 Å². The summed E-state index contributed by atoms with van der Waals surface area (Å²) in [6.07, 6.45) is -0.138. The van der Waals surface area contributed by atoms with Crippen molar-refractivity contribution in [3.05, 3.63) is 43.0 Å². The molecular formula is C21H29N6O4PS. The molecule has 2 aromatic heterocycles. The molecule has 0 aliphatic heterocycles. The van der Waals surface area contributed by atoms with E-state index >= 15 is 0 Å². The molecule has 1 aromatic carbocycles. The molecule has 0 bridgehead atoms. The Morgan fingerprint density at radius 2 is 1.91 bits per heavy atom. The number of hydrogen-bond donors (Lipinski definition) is 2. The summed E-state index contributed by atoms with van der Waals surface area (Å²) >= 11 is 5.84. The van der Waals surface area contributed by atoms with E-state index in [9.17, 15) is 4.79 Å². The predicted octanol–water partition coefficient (Wildman–Crippen LogP) is 3.09. The van der Waals surface area contributed by atoms with Crippen molar-refractivity contribution in [2.75, 3.05) is 12.1 Å². The molecule has 0 saturated carbocycles. The van der Waals surface area contributed by atoms with Crippen LogP contribution in [0.4, 0.5) is 5.82 Å². The summed E-state index contributed by atoms with van der Waals surface area (Å²) in [6.45, 7) is 7.67. The summed E-state index contributed by atoms with van der Waals surface area (Å²) in [5.41, 5.74) is 7.03. The number of imidazole rings is 1. The highest BCUT2D eigenvalue weighted by Crippen LogP contribution is 2.44. The van der Waals surface area contributed by atoms with Crippen molar-refractivity contribution >= 4 is 41.2 Å². The molecule has 3 unspecified atom stereocenters. The molecule has 0 aliphatic rings. The van der Waals surface area contributed by atoms with Crippen molar-refractivity contribution in [3.8, 4) is 5.75 Å². The minimum Gasteiger partial charge on any atom is -0.462 e. The number of rotatable bonds is 11. The number of ether oxygens (including phenoxy) is 2. The third kappa shape index (κ3) is 6.94. The zero-order chi connectivity index (χ0) is 24.0. The Labute approximate surface area is 198 Å². The van der Waals surface area contributed by atoms with Crippen LogP contribution < -0.4 is 15.3 Å². The van der Waals surface area contributed by atoms with Gasteiger partial charge >= 0.3 is 5.97 Å². The van der Waals surface area contributed by atoms with Crippen molar-refractivity contribution in [2.45, 2.75) is 52.5 Å². The highest BCUT2D eigenvalue weighted by atomic mass is 32.4. The highest BCUT2D eigenvalue weighted by molar-refractivity contribution is 8.11. The monoisotopic (exact) mass is 492 g/mol. The van der Waals surface area contributed by atoms with E-state index < -0.39 is 18.4 Å². The largest absolute Gasteiger partial charge is 0.462 e. The first-order valence-corrected chi connectivity index (χ1v) is 13.4. The van der Waals surface area contributed by atoms with E-state index in [-0.39, 0.29) is 18.6 Å². The van der Waals surface area contributed by atoms with E-state index in [4.69, 9.17) is 31.5 Å². The Morgan fingerprint density at radius 1 is 1.18 bits per heavy atom. The van der Waals surface area contributed by atoms with Gasteiger partial charge < -0.3 is 24.3 Å². The Balaban J connectivity index is 1.70. The maximum absolute atomic E-state index is 12.3. The maximum atomic E-state index is 12.3. The normalized spacial score (nSPS) is 15.2. The fraction of sp³-hybridized carbons (Fsp3) is 0.429. The lowest BCUT2D eigenvalue weighted by atomic mass is 10.3. The minimum atomic E-state index is -2.80. The van der Waals surface area contributed by atoms with E-state index in [0.29, 0.717) is 29.3 Å². The van der Waals surface area contributed by atoms with Crippen LogP contribution in [0.5, 0.6) is 5.75 Å². The Kier molecular flexibility index (Phi) is 8.36. The SMILES string of the molecule is CC(C)OC(=O)C(C)NP(=S)(COC(C)Cn1cnc2c(N)ncnc21)Oc1ccccc1. The van der Waals surface area contributed by atoms with Crippen LogP contribution in [0.2, 0.25) is 0 Å². The summed E-state index contributed by atoms with van der Waals surface area (Å²) in [5.74, 6) is 0.526. The number of carbonyl (C=O) groups excluding carboxylic acids is 1. The lowest BCUT2D eigenvalue weighted by Crippen LogP contribution is -2.37. The van der Waals surface area contributed by atoms with Crippen LogP contribution in [-0.2, 0) is 32.6 Å². The van der Waals surface area contributed by atoms with Crippen molar-refractivity contribution < 1.29 is 18.8 Å². The van der Waals surface area contributed by atoms with Gasteiger partial charge in [-0.2, -0.15) is 0 Å². The number of carbonyl (C=O) groups is 1. The Hall–Kier alpha value is -2.59. The van der Waals surface area contributed by atoms with Crippen molar-refractivity contribution in [1.82, 2.24) is 24.6 Å². The van der Waals surface area contributed by atoms with E-state index in [2.05, 4.69) is 20.0 Å². The van der Waals surface area contributed by atoms with E-state index in [1.54, 1.807) is 27.1 Å². The van der Waals surface area contributed by atoms with Crippen molar-refractivity contribution in [3.63, 3.8) is 0 Å². The van der Waals surface area contributed by atoms with Crippen LogP contribution in [0.3, 0.4) is 0 Å². The van der Waals surface area contributed by atoms with Gasteiger partial charge in [-0.15, -0.1) is 0 Å². The number of nitrogens with two attached hydrogens (primary N) is 1. The van der Waals surface area contributed by atoms with Gasteiger partial charge in [-0.1, -0.05) is 18.2 Å². The van der Waals surface area contributed by atoms with Gasteiger partial charge in [-0.05, 0) is 51.6 Å². The number of nitrogen functional groups attached to an aromatic ring is 1. The number of para-hydroxylation sites is 1. The second kappa shape index (κ2) is 11.0. The number of esters is 1. The third-order valence-electron chi connectivity index (χ3n) is 4.50. The summed E-state index contributed by atoms with van der Waals surface area (Å²) in [4.78, 5) is 24.8. The summed E-state index contributed by atoms with van der Waals surface area (Å²) in [6, 6.07) is 8.56. The molecule has 33 heavy (non-hydrogen) atoms. The fourth-order valence-electron chi connectivity index (χ4n) is 3.01. The average molecular weight is 493 g/mol. The molecule has 2 heterocycles. The predicted molar refractivity (Wildman–Crippen MR) is 130 cm³/mol. The first kappa shape index (κ1) is 25.0. The van der Waals surface area contributed by atoms with Gasteiger partial charge in [0.25, 0.3) is 0 Å². The molecular weight excluding hydrogens is 463 g/mol. The molecule has 10 nitrogen and oxygen atoms in total. The number of nitrogens with one attached hydrogen (secondary N) is 1. The number of benzene rings is 1. The van der Waals surface area contributed by atoms with Gasteiger partial charge in [0, 0.05) is 0 Å². The molecule has 0 fully saturated rings. The van der Waals surface area contributed by atoms with Gasteiger partial charge in [0.1, 0.15) is 30.0 Å². The lowest BCUT2D eigenvalue weighted by molar-refractivity contribution is -0.148. The smallest absolute Gasteiger partial charge is 0.323 e. The van der Waals surface area contributed by atoms with Gasteiger partial charge in [0.2, 0.25) is 6.42 Å². The second-order valence-electron chi connectivity index (χ2n) is 7.85. The highest BCUT2D eigenvalue weighted by Gasteiger charge is 2.28. The van der Waals surface area contributed by atoms with Gasteiger partial charge in [-0.3, -0.25) is 4.79 Å². The number of aromatic nitrogens is 4. The molecule has 0 spiro atoms. The lowest BCUT2D eigenvalue weighted by Gasteiger charge is -2.28. The van der Waals surface area contributed by atoms with E-state index in [1.165, 1.54) is 6.33 Å². The molecule has 12 heteroatoms. The maximum Gasteiger partial charge on any atom is 0.323 e. The van der Waals surface area contributed by atoms with Crippen molar-refractivity contribution in [1.29, 1.82) is 0 Å². The average Bonchev–Trinajstić information content (AvgIpc) is 3.16. The second-order valence-corrected chi connectivity index (χ2v) is 11.7. The Morgan fingerprint density at radius 3 is 2.61 bits per heavy atom. The molecule has 0 aliphatic carbocycles. The zero-order valence-corrected chi connectivity index (χ0v) is 20.8. The number of hydrogen-bond acceptors (Lipinski definition) is 9. The molecule has 0 saturated heterocycles. The molecule has 0 radical (unpaired) electrons. The zero-order valence-electron chi connectivity index (χ0n) is 19.0. The van der Waals surface area contributed by atoms with Crippen LogP contribution in [0.1, 0.15) is 27.7 Å². The summed E-state index contributed by atoms with van der Waals surface area (Å²) in [7, 11) is 0. The fourth-order valence-corrected chi connectivity index (χ4v) is 5.71. The van der Waals surface area contributed by atoms with Crippen molar-refractivity contribution in [2.24, 2.45) is 0 Å². The first-order chi connectivity index (χ1) is 15.7. The van der Waals surface area contributed by atoms with Crippen LogP contribution in [0.15, 0.2) is 43.0 Å². The van der Waals surface area contributed by atoms with Crippen LogP contribution in [0.25, 0.3) is 11.2 Å². The molecule has 3 N–H and O–H groups in total. The standard InChI is InChI=1S/C21H29N6O4PS/c1-14(2)30-21(28)16(4)26-32(33,31-17-8-6-5-7-9-17)13-29-15(3)10-27-12-25-18-19(22)23-11-24-20(18)27/h5-9,11-12,14-16H,10,13H2,1-4H3,(H,26,33)(H2,22,23,24). The number of nitrogens with zero attached hydrogens (tertiary/aromatic N) is 4. The summed E-state index contributed by atoms with van der Waals surface area (Å²) in [5, 5.41) is 3.15. The summed E-state index contributed by atoms with van der Waals surface area (Å²) < 4.78 is 19.3. The Bertz CT molecular complexity index is 1130. The van der Waals surface area contributed by atoms with E-state index in [1.807, 2.05) is 41.8 Å². The topological polar surface area (TPSA) is 126 Å². The number of fused-ring (bicyclic) bond motifs is 1. The molecule has 0 amide bonds. The molecule has 3 aromatic rings. The molecule has 3 rings (SSSR count). The third-order valence-corrected chi connectivity index (χ3v) is 7.14. The van der Waals surface area contributed by atoms with Crippen LogP contribution in [-0.4, -0.2) is 50.1 Å². The minimum absolute atomic E-state index is 0.0987.